The number of amides is 1. The zero-order valence-corrected chi connectivity index (χ0v) is 12.3. The van der Waals surface area contributed by atoms with E-state index >= 15 is 0 Å². The van der Waals surface area contributed by atoms with Crippen LogP contribution >= 0.6 is 15.9 Å². The Balaban J connectivity index is 2.49. The minimum Gasteiger partial charge on any atom is -0.444 e. The van der Waals surface area contributed by atoms with Crippen molar-refractivity contribution in [2.75, 3.05) is 6.54 Å². The van der Waals surface area contributed by atoms with Gasteiger partial charge in [-0.05, 0) is 48.3 Å². The smallest absolute Gasteiger partial charge is 0.407 e. The van der Waals surface area contributed by atoms with E-state index in [4.69, 9.17) is 10.5 Å². The van der Waals surface area contributed by atoms with Crippen molar-refractivity contribution in [1.82, 2.24) is 10.3 Å². The van der Waals surface area contributed by atoms with E-state index in [0.29, 0.717) is 6.54 Å². The fourth-order valence-electron chi connectivity index (χ4n) is 1.30. The number of alkyl carbamates (subject to hydrolysis) is 1. The normalized spacial score (nSPS) is 12.9. The molecule has 1 unspecified atom stereocenters. The molecular formula is C12H18BrN3O2. The van der Waals surface area contributed by atoms with Gasteiger partial charge >= 0.3 is 6.09 Å². The highest BCUT2D eigenvalue weighted by Crippen LogP contribution is 2.19. The van der Waals surface area contributed by atoms with Crippen molar-refractivity contribution < 1.29 is 9.53 Å². The molecule has 1 atom stereocenters. The number of nitrogens with two attached hydrogens (primary N) is 1. The summed E-state index contributed by atoms with van der Waals surface area (Å²) in [5.74, 6) is 0. The van der Waals surface area contributed by atoms with E-state index in [9.17, 15) is 4.79 Å². The van der Waals surface area contributed by atoms with E-state index in [0.717, 1.165) is 10.0 Å². The van der Waals surface area contributed by atoms with Crippen LogP contribution in [0.3, 0.4) is 0 Å². The number of nitrogens with one attached hydrogen (secondary N) is 1. The molecule has 3 N–H and O–H groups in total. The predicted octanol–water partition coefficient (Wildman–Crippen LogP) is 2.37. The second kappa shape index (κ2) is 6.15. The zero-order valence-electron chi connectivity index (χ0n) is 10.7. The first kappa shape index (κ1) is 14.9. The molecule has 18 heavy (non-hydrogen) atoms. The first-order valence-electron chi connectivity index (χ1n) is 5.61. The van der Waals surface area contributed by atoms with Crippen molar-refractivity contribution in [2.45, 2.75) is 32.4 Å². The van der Waals surface area contributed by atoms with Crippen LogP contribution in [0.1, 0.15) is 32.4 Å². The summed E-state index contributed by atoms with van der Waals surface area (Å²) in [7, 11) is 0. The molecule has 0 saturated heterocycles. The third-order valence-corrected chi connectivity index (χ3v) is 2.73. The average molecular weight is 316 g/mol. The van der Waals surface area contributed by atoms with Crippen molar-refractivity contribution in [3.8, 4) is 0 Å². The van der Waals surface area contributed by atoms with Gasteiger partial charge in [0.05, 0.1) is 0 Å². The fraction of sp³-hybridized carbons (Fsp3) is 0.500. The summed E-state index contributed by atoms with van der Waals surface area (Å²) in [5.41, 5.74) is 6.36. The largest absolute Gasteiger partial charge is 0.444 e. The number of carbonyl (C=O) groups is 1. The maximum absolute atomic E-state index is 11.5. The molecule has 0 bridgehead atoms. The van der Waals surface area contributed by atoms with Gasteiger partial charge in [-0.2, -0.15) is 0 Å². The van der Waals surface area contributed by atoms with E-state index in [1.807, 2.05) is 26.8 Å². The molecule has 0 saturated carbocycles. The molecule has 1 heterocycles. The summed E-state index contributed by atoms with van der Waals surface area (Å²) < 4.78 is 5.95. The number of halogens is 1. The van der Waals surface area contributed by atoms with Gasteiger partial charge in [-0.3, -0.25) is 4.98 Å². The molecule has 5 nitrogen and oxygen atoms in total. The van der Waals surface area contributed by atoms with Crippen molar-refractivity contribution >= 4 is 22.0 Å². The number of aromatic nitrogens is 1. The number of hydrogen-bond donors (Lipinski definition) is 2. The fourth-order valence-corrected chi connectivity index (χ4v) is 1.85. The van der Waals surface area contributed by atoms with E-state index in [1.54, 1.807) is 12.4 Å². The van der Waals surface area contributed by atoms with Crippen molar-refractivity contribution in [1.29, 1.82) is 0 Å². The van der Waals surface area contributed by atoms with Crippen LogP contribution in [0.5, 0.6) is 0 Å². The number of carbonyl (C=O) groups excluding carboxylic acids is 1. The molecule has 0 aliphatic carbocycles. The third-order valence-electron chi connectivity index (χ3n) is 2.07. The van der Waals surface area contributed by atoms with E-state index in [1.165, 1.54) is 0 Å². The summed E-state index contributed by atoms with van der Waals surface area (Å²) in [6, 6.07) is 1.50. The standard InChI is InChI=1S/C12H18BrN3O2/c1-12(2,3)18-11(17)16-7-10(14)8-4-5-15-6-9(8)13/h4-6,10H,7,14H2,1-3H3,(H,16,17). The molecule has 100 valence electrons. The molecule has 0 aliphatic rings. The molecule has 1 aromatic rings. The first-order valence-corrected chi connectivity index (χ1v) is 6.41. The topological polar surface area (TPSA) is 77.2 Å². The Morgan fingerprint density at radius 2 is 2.28 bits per heavy atom. The summed E-state index contributed by atoms with van der Waals surface area (Å²) >= 11 is 3.37. The second-order valence-corrected chi connectivity index (χ2v) is 5.74. The van der Waals surface area contributed by atoms with Crippen molar-refractivity contribution in [2.24, 2.45) is 5.73 Å². The summed E-state index contributed by atoms with van der Waals surface area (Å²) in [4.78, 5) is 15.4. The predicted molar refractivity (Wildman–Crippen MR) is 73.1 cm³/mol. The highest BCUT2D eigenvalue weighted by atomic mass is 79.9. The first-order chi connectivity index (χ1) is 8.29. The minimum atomic E-state index is -0.509. The van der Waals surface area contributed by atoms with Crippen LogP contribution in [0.4, 0.5) is 4.79 Å². The highest BCUT2D eigenvalue weighted by molar-refractivity contribution is 9.10. The lowest BCUT2D eigenvalue weighted by molar-refractivity contribution is 0.0524. The van der Waals surface area contributed by atoms with Gasteiger partial charge in [0, 0.05) is 29.5 Å². The SMILES string of the molecule is CC(C)(C)OC(=O)NCC(N)c1ccncc1Br. The Bertz CT molecular complexity index is 418. The third kappa shape index (κ3) is 5.01. The van der Waals surface area contributed by atoms with Crippen LogP contribution in [0.25, 0.3) is 0 Å². The van der Waals surface area contributed by atoms with Crippen LogP contribution < -0.4 is 11.1 Å². The summed E-state index contributed by atoms with van der Waals surface area (Å²) in [6.07, 6.45) is 2.86. The van der Waals surface area contributed by atoms with Gasteiger partial charge < -0.3 is 15.8 Å². The molecule has 0 radical (unpaired) electrons. The molecule has 1 rings (SSSR count). The molecule has 6 heteroatoms. The lowest BCUT2D eigenvalue weighted by atomic mass is 10.1. The van der Waals surface area contributed by atoms with E-state index in [-0.39, 0.29) is 6.04 Å². The van der Waals surface area contributed by atoms with Crippen LogP contribution in [-0.4, -0.2) is 23.2 Å². The lowest BCUT2D eigenvalue weighted by Gasteiger charge is -2.21. The monoisotopic (exact) mass is 315 g/mol. The Kier molecular flexibility index (Phi) is 5.10. The van der Waals surface area contributed by atoms with E-state index in [2.05, 4.69) is 26.2 Å². The molecule has 1 aromatic heterocycles. The number of rotatable bonds is 3. The van der Waals surface area contributed by atoms with Crippen LogP contribution in [-0.2, 0) is 4.74 Å². The van der Waals surface area contributed by atoms with Gasteiger partial charge in [0.2, 0.25) is 0 Å². The maximum atomic E-state index is 11.5. The molecule has 0 aliphatic heterocycles. The average Bonchev–Trinajstić information content (AvgIpc) is 2.24. The summed E-state index contributed by atoms with van der Waals surface area (Å²) in [5, 5.41) is 2.64. The number of hydrogen-bond acceptors (Lipinski definition) is 4. The van der Waals surface area contributed by atoms with Gasteiger partial charge in [-0.15, -0.1) is 0 Å². The number of pyridine rings is 1. The van der Waals surface area contributed by atoms with Crippen molar-refractivity contribution in [3.63, 3.8) is 0 Å². The Morgan fingerprint density at radius 3 is 2.83 bits per heavy atom. The number of ether oxygens (including phenoxy) is 1. The van der Waals surface area contributed by atoms with Gasteiger partial charge in [-0.25, -0.2) is 4.79 Å². The molecule has 0 spiro atoms. The summed E-state index contributed by atoms with van der Waals surface area (Å²) in [6.45, 7) is 5.74. The Hall–Kier alpha value is -1.14. The van der Waals surface area contributed by atoms with E-state index < -0.39 is 11.7 Å². The lowest BCUT2D eigenvalue weighted by Crippen LogP contribution is -2.36. The van der Waals surface area contributed by atoms with Gasteiger partial charge in [0.1, 0.15) is 5.60 Å². The van der Waals surface area contributed by atoms with Crippen LogP contribution in [0.2, 0.25) is 0 Å². The molecule has 0 fully saturated rings. The quantitative estimate of drug-likeness (QED) is 0.897. The van der Waals surface area contributed by atoms with Gasteiger partial charge in [0.15, 0.2) is 0 Å². The van der Waals surface area contributed by atoms with Crippen LogP contribution in [0.15, 0.2) is 22.9 Å². The van der Waals surface area contributed by atoms with Gasteiger partial charge in [-0.1, -0.05) is 0 Å². The zero-order chi connectivity index (χ0) is 13.8. The minimum absolute atomic E-state index is 0.303. The Morgan fingerprint density at radius 1 is 1.61 bits per heavy atom. The maximum Gasteiger partial charge on any atom is 0.407 e. The molecule has 1 amide bonds. The highest BCUT2D eigenvalue weighted by Gasteiger charge is 2.17. The Labute approximate surface area is 115 Å². The molecular weight excluding hydrogens is 298 g/mol. The number of nitrogens with zero attached hydrogens (tertiary/aromatic N) is 1. The van der Waals surface area contributed by atoms with Gasteiger partial charge in [0.25, 0.3) is 0 Å². The van der Waals surface area contributed by atoms with Crippen LogP contribution in [0, 0.1) is 0 Å². The molecule has 0 aromatic carbocycles. The second-order valence-electron chi connectivity index (χ2n) is 4.89. The van der Waals surface area contributed by atoms with Crippen molar-refractivity contribution in [3.05, 3.63) is 28.5 Å².